The Morgan fingerprint density at radius 1 is 0.538 bits per heavy atom. The predicted molar refractivity (Wildman–Crippen MR) is 225 cm³/mol. The van der Waals surface area contributed by atoms with Gasteiger partial charge in [-0.25, -0.2) is 0 Å². The van der Waals surface area contributed by atoms with Gasteiger partial charge in [-0.3, -0.25) is 9.35 Å². The lowest BCUT2D eigenvalue weighted by Gasteiger charge is -2.21. The zero-order chi connectivity index (χ0) is 38.2. The fourth-order valence-electron chi connectivity index (χ4n) is 5.73. The van der Waals surface area contributed by atoms with Crippen molar-refractivity contribution in [3.05, 3.63) is 85.1 Å². The molecule has 0 fully saturated rings. The van der Waals surface area contributed by atoms with Crippen LogP contribution in [-0.4, -0.2) is 41.9 Å². The third-order valence-corrected chi connectivity index (χ3v) is 9.59. The van der Waals surface area contributed by atoms with Crippen molar-refractivity contribution >= 4 is 16.0 Å². The van der Waals surface area contributed by atoms with E-state index >= 15 is 0 Å². The van der Waals surface area contributed by atoms with E-state index in [9.17, 15) is 22.9 Å². The predicted octanol–water partition coefficient (Wildman–Crippen LogP) is 12.4. The summed E-state index contributed by atoms with van der Waals surface area (Å²) >= 11 is 0. The summed E-state index contributed by atoms with van der Waals surface area (Å²) in [6, 6.07) is -1.09. The summed E-state index contributed by atoms with van der Waals surface area (Å²) in [7, 11) is -4.37. The number of nitrogens with one attached hydrogen (secondary N) is 1. The van der Waals surface area contributed by atoms with Gasteiger partial charge in [0.15, 0.2) is 0 Å². The van der Waals surface area contributed by atoms with Gasteiger partial charge >= 0.3 is 0 Å². The molecule has 0 bridgehead atoms. The molecule has 0 aromatic carbocycles. The molecule has 0 aliphatic rings. The summed E-state index contributed by atoms with van der Waals surface area (Å²) < 4.78 is 32.5. The summed E-state index contributed by atoms with van der Waals surface area (Å²) in [5.74, 6) is -1.03. The van der Waals surface area contributed by atoms with E-state index in [0.717, 1.165) is 77.0 Å². The van der Waals surface area contributed by atoms with Crippen molar-refractivity contribution in [2.75, 3.05) is 5.75 Å². The SMILES string of the molecule is CC/C=C\C/C=C\C/C=C\C/C=C\C/C=C\CCCCCCCC(=O)NC(CS(=O)(=O)O)C(O)/C=C/CC/C=C/CCCCCCCCCCCC. The van der Waals surface area contributed by atoms with Crippen LogP contribution in [0.2, 0.25) is 0 Å². The first-order valence-corrected chi connectivity index (χ1v) is 22.4. The van der Waals surface area contributed by atoms with E-state index in [1.165, 1.54) is 70.3 Å². The largest absolute Gasteiger partial charge is 0.387 e. The number of rotatable bonds is 36. The zero-order valence-electron chi connectivity index (χ0n) is 33.1. The van der Waals surface area contributed by atoms with E-state index in [0.29, 0.717) is 12.8 Å². The number of carbonyl (C=O) groups excluding carboxylic acids is 1. The Bertz CT molecular complexity index is 1130. The Morgan fingerprint density at radius 2 is 0.942 bits per heavy atom. The molecule has 3 N–H and O–H groups in total. The quantitative estimate of drug-likeness (QED) is 0.0337. The first-order valence-electron chi connectivity index (χ1n) is 20.8. The van der Waals surface area contributed by atoms with Crippen LogP contribution in [0.1, 0.15) is 174 Å². The van der Waals surface area contributed by atoms with Crippen molar-refractivity contribution in [1.29, 1.82) is 0 Å². The number of aliphatic hydroxyl groups excluding tert-OH is 1. The number of allylic oxidation sites excluding steroid dienone is 13. The summed E-state index contributed by atoms with van der Waals surface area (Å²) in [6.07, 6.45) is 55.6. The van der Waals surface area contributed by atoms with Gasteiger partial charge in [-0.15, -0.1) is 0 Å². The molecule has 0 rings (SSSR count). The topological polar surface area (TPSA) is 104 Å². The van der Waals surface area contributed by atoms with Gasteiger partial charge in [0, 0.05) is 6.42 Å². The molecule has 298 valence electrons. The lowest BCUT2D eigenvalue weighted by molar-refractivity contribution is -0.122. The monoisotopic (exact) mass is 744 g/mol. The third kappa shape index (κ3) is 38.7. The lowest BCUT2D eigenvalue weighted by Crippen LogP contribution is -2.46. The molecule has 52 heavy (non-hydrogen) atoms. The Kier molecular flexibility index (Phi) is 36.4. The minimum absolute atomic E-state index is 0.261. The van der Waals surface area contributed by atoms with E-state index in [-0.39, 0.29) is 12.3 Å². The second-order valence-electron chi connectivity index (χ2n) is 13.9. The van der Waals surface area contributed by atoms with Gasteiger partial charge in [-0.2, -0.15) is 8.42 Å². The maximum atomic E-state index is 12.5. The van der Waals surface area contributed by atoms with Crippen molar-refractivity contribution < 1.29 is 22.9 Å². The molecule has 2 atom stereocenters. The van der Waals surface area contributed by atoms with Crippen molar-refractivity contribution in [3.8, 4) is 0 Å². The van der Waals surface area contributed by atoms with E-state index in [4.69, 9.17) is 0 Å². The molecule has 2 unspecified atom stereocenters. The van der Waals surface area contributed by atoms with Crippen LogP contribution in [0.4, 0.5) is 0 Å². The maximum Gasteiger partial charge on any atom is 0.267 e. The molecule has 7 heteroatoms. The molecule has 0 aliphatic carbocycles. The molecule has 0 aromatic heterocycles. The van der Waals surface area contributed by atoms with Crippen LogP contribution < -0.4 is 5.32 Å². The fourth-order valence-corrected chi connectivity index (χ4v) is 6.46. The minimum atomic E-state index is -4.37. The van der Waals surface area contributed by atoms with Crippen molar-refractivity contribution in [2.45, 2.75) is 187 Å². The van der Waals surface area contributed by atoms with Crippen LogP contribution in [0.3, 0.4) is 0 Å². The minimum Gasteiger partial charge on any atom is -0.387 e. The Hall–Kier alpha value is -2.48. The van der Waals surface area contributed by atoms with Crippen molar-refractivity contribution in [3.63, 3.8) is 0 Å². The molecule has 6 nitrogen and oxygen atoms in total. The number of aliphatic hydroxyl groups is 1. The molecule has 0 saturated heterocycles. The number of hydrogen-bond acceptors (Lipinski definition) is 4. The Morgan fingerprint density at radius 3 is 1.44 bits per heavy atom. The zero-order valence-corrected chi connectivity index (χ0v) is 34.0. The van der Waals surface area contributed by atoms with Gasteiger partial charge in [0.1, 0.15) is 0 Å². The molecule has 0 spiro atoms. The van der Waals surface area contributed by atoms with Gasteiger partial charge in [-0.05, 0) is 77.0 Å². The van der Waals surface area contributed by atoms with E-state index in [2.05, 4.69) is 92.1 Å². The molecule has 1 amide bonds. The maximum absolute atomic E-state index is 12.5. The number of hydrogen-bond donors (Lipinski definition) is 3. The van der Waals surface area contributed by atoms with Crippen LogP contribution in [0.15, 0.2) is 85.1 Å². The van der Waals surface area contributed by atoms with E-state index < -0.39 is 28.0 Å². The highest BCUT2D eigenvalue weighted by atomic mass is 32.2. The van der Waals surface area contributed by atoms with Crippen LogP contribution >= 0.6 is 0 Å². The van der Waals surface area contributed by atoms with E-state index in [1.54, 1.807) is 6.08 Å². The summed E-state index contributed by atoms with van der Waals surface area (Å²) in [6.45, 7) is 4.40. The molecule has 0 radical (unpaired) electrons. The van der Waals surface area contributed by atoms with Gasteiger partial charge in [-0.1, -0.05) is 176 Å². The summed E-state index contributed by atoms with van der Waals surface area (Å²) in [5, 5.41) is 13.2. The molecule has 0 saturated carbocycles. The first-order chi connectivity index (χ1) is 25.3. The molecule has 0 aromatic rings. The number of amides is 1. The number of carbonyl (C=O) groups is 1. The third-order valence-electron chi connectivity index (χ3n) is 8.81. The fraction of sp³-hybridized carbons (Fsp3) is 0.667. The average molecular weight is 744 g/mol. The number of unbranched alkanes of at least 4 members (excludes halogenated alkanes) is 16. The highest BCUT2D eigenvalue weighted by Gasteiger charge is 2.24. The van der Waals surface area contributed by atoms with Crippen LogP contribution in [0, 0.1) is 0 Å². The van der Waals surface area contributed by atoms with Gasteiger partial charge in [0.05, 0.1) is 17.9 Å². The normalized spacial score (nSPS) is 14.2. The Balaban J connectivity index is 4.03. The van der Waals surface area contributed by atoms with Gasteiger partial charge in [0.2, 0.25) is 5.91 Å². The second kappa shape index (κ2) is 38.3. The highest BCUT2D eigenvalue weighted by molar-refractivity contribution is 7.85. The van der Waals surface area contributed by atoms with Crippen molar-refractivity contribution in [1.82, 2.24) is 5.32 Å². The summed E-state index contributed by atoms with van der Waals surface area (Å²) in [5.41, 5.74) is 0. The van der Waals surface area contributed by atoms with Gasteiger partial charge < -0.3 is 10.4 Å². The lowest BCUT2D eigenvalue weighted by atomic mass is 10.1. The second-order valence-corrected chi connectivity index (χ2v) is 15.4. The molecular formula is C45H77NO5S. The molecular weight excluding hydrogens is 667 g/mol. The highest BCUT2D eigenvalue weighted by Crippen LogP contribution is 2.12. The Labute approximate surface area is 320 Å². The van der Waals surface area contributed by atoms with E-state index in [1.807, 2.05) is 0 Å². The van der Waals surface area contributed by atoms with Crippen LogP contribution in [0.5, 0.6) is 0 Å². The van der Waals surface area contributed by atoms with Gasteiger partial charge in [0.25, 0.3) is 10.1 Å². The van der Waals surface area contributed by atoms with Crippen LogP contribution in [-0.2, 0) is 14.9 Å². The molecule has 0 aliphatic heterocycles. The summed E-state index contributed by atoms with van der Waals surface area (Å²) in [4.78, 5) is 12.5. The first kappa shape index (κ1) is 49.5. The average Bonchev–Trinajstić information content (AvgIpc) is 3.11. The van der Waals surface area contributed by atoms with Crippen LogP contribution in [0.25, 0.3) is 0 Å². The van der Waals surface area contributed by atoms with Crippen molar-refractivity contribution in [2.24, 2.45) is 0 Å². The smallest absolute Gasteiger partial charge is 0.267 e. The molecule has 0 heterocycles. The standard InChI is InChI=1S/C45H77NO5S/c1-3-5-7-9-11-13-15-17-19-21-22-23-24-25-27-29-31-33-35-37-39-41-45(48)46-43(42-52(49,50)51)44(47)40-38-36-34-32-30-28-26-20-18-16-14-12-10-8-6-4-2/h5,7,11,13,17,19,22-23,25,27,30,32,38,40,43-44,47H,3-4,6,8-10,12,14-16,18,20-21,24,26,28-29,31,33-37,39,41-42H2,1-2H3,(H,46,48)(H,49,50,51)/b7-5-,13-11-,19-17-,23-22-,27-25-,32-30+,40-38+.